The van der Waals surface area contributed by atoms with Crippen molar-refractivity contribution in [3.8, 4) is 0 Å². The fourth-order valence-electron chi connectivity index (χ4n) is 3.43. The zero-order valence-electron chi connectivity index (χ0n) is 15.7. The minimum absolute atomic E-state index is 0.119. The van der Waals surface area contributed by atoms with Crippen LogP contribution in [0.4, 0.5) is 5.82 Å². The molecule has 3 amide bonds. The molecule has 2 fully saturated rings. The molecule has 154 valence electrons. The van der Waals surface area contributed by atoms with Gasteiger partial charge in [0.05, 0.1) is 5.75 Å². The van der Waals surface area contributed by atoms with Gasteiger partial charge in [-0.15, -0.1) is 0 Å². The van der Waals surface area contributed by atoms with Gasteiger partial charge in [0.15, 0.2) is 5.82 Å². The number of hydrogen-bond donors (Lipinski definition) is 1. The lowest BCUT2D eigenvalue weighted by Crippen LogP contribution is -2.46. The molecule has 0 aromatic carbocycles. The number of carbonyl (C=O) groups excluding carboxylic acids is 3. The Kier molecular flexibility index (Phi) is 6.14. The molecule has 2 saturated heterocycles. The number of likely N-dealkylation sites (tertiary alicyclic amines) is 1. The number of nitrogens with zero attached hydrogens (tertiary/aromatic N) is 3. The summed E-state index contributed by atoms with van der Waals surface area (Å²) in [7, 11) is -3.61. The number of hydrogen-bond acceptors (Lipinski definition) is 7. The predicted molar refractivity (Wildman–Crippen MR) is 98.5 cm³/mol. The van der Waals surface area contributed by atoms with Crippen molar-refractivity contribution in [2.45, 2.75) is 39.0 Å². The first-order valence-corrected chi connectivity index (χ1v) is 10.9. The fraction of sp³-hybridized carbons (Fsp3) is 0.647. The molecule has 0 saturated carbocycles. The van der Waals surface area contributed by atoms with E-state index in [0.29, 0.717) is 30.8 Å². The Hall–Kier alpha value is -2.27. The Balaban J connectivity index is 1.49. The summed E-state index contributed by atoms with van der Waals surface area (Å²) in [6.45, 7) is 2.04. The molecule has 1 aromatic rings. The maximum absolute atomic E-state index is 12.6. The van der Waals surface area contributed by atoms with Gasteiger partial charge in [-0.3, -0.25) is 19.3 Å². The number of rotatable bonds is 6. The Labute approximate surface area is 163 Å². The molecule has 0 aliphatic carbocycles. The zero-order chi connectivity index (χ0) is 20.3. The summed E-state index contributed by atoms with van der Waals surface area (Å²) in [6, 6.07) is 1.61. The Morgan fingerprint density at radius 1 is 1.25 bits per heavy atom. The van der Waals surface area contributed by atoms with Crippen LogP contribution in [0.2, 0.25) is 0 Å². The number of amides is 3. The first-order chi connectivity index (χ1) is 13.3. The van der Waals surface area contributed by atoms with Crippen LogP contribution in [0.25, 0.3) is 0 Å². The van der Waals surface area contributed by atoms with Crippen LogP contribution in [0.1, 0.15) is 37.9 Å². The van der Waals surface area contributed by atoms with Crippen molar-refractivity contribution in [2.75, 3.05) is 30.7 Å². The predicted octanol–water partition coefficient (Wildman–Crippen LogP) is 0.502. The van der Waals surface area contributed by atoms with Crippen molar-refractivity contribution in [1.82, 2.24) is 14.4 Å². The molecule has 28 heavy (non-hydrogen) atoms. The van der Waals surface area contributed by atoms with Crippen molar-refractivity contribution in [3.05, 3.63) is 11.8 Å². The van der Waals surface area contributed by atoms with E-state index >= 15 is 0 Å². The van der Waals surface area contributed by atoms with Crippen molar-refractivity contribution in [1.29, 1.82) is 0 Å². The SMILES string of the molecule is Cc1cc(NC(=O)C2CCN(S(=O)(=O)CCN3C(=O)CCCC3=O)CC2)no1. The lowest BCUT2D eigenvalue weighted by atomic mass is 9.97. The van der Waals surface area contributed by atoms with Gasteiger partial charge < -0.3 is 9.84 Å². The molecule has 3 rings (SSSR count). The number of carbonyl (C=O) groups is 3. The van der Waals surface area contributed by atoms with Gasteiger partial charge in [0, 0.05) is 44.5 Å². The smallest absolute Gasteiger partial charge is 0.229 e. The first-order valence-electron chi connectivity index (χ1n) is 9.31. The number of aryl methyl sites for hydroxylation is 1. The standard InChI is InChI=1S/C17H24N4O6S/c1-12-11-14(19-27-12)18-17(24)13-5-7-20(8-6-13)28(25,26)10-9-21-15(22)3-2-4-16(21)23/h11,13H,2-10H2,1H3,(H,18,19,24). The molecule has 2 aliphatic heterocycles. The van der Waals surface area contributed by atoms with E-state index in [1.807, 2.05) is 0 Å². The number of imide groups is 1. The average Bonchev–Trinajstić information content (AvgIpc) is 3.06. The van der Waals surface area contributed by atoms with E-state index in [1.165, 1.54) is 4.31 Å². The number of sulfonamides is 1. The molecule has 1 N–H and O–H groups in total. The van der Waals surface area contributed by atoms with E-state index < -0.39 is 10.0 Å². The van der Waals surface area contributed by atoms with Gasteiger partial charge in [-0.1, -0.05) is 5.16 Å². The van der Waals surface area contributed by atoms with Crippen molar-refractivity contribution >= 4 is 33.6 Å². The topological polar surface area (TPSA) is 130 Å². The van der Waals surface area contributed by atoms with Crippen molar-refractivity contribution in [3.63, 3.8) is 0 Å². The Morgan fingerprint density at radius 3 is 2.46 bits per heavy atom. The molecule has 0 unspecified atom stereocenters. The first kappa shape index (κ1) is 20.5. The lowest BCUT2D eigenvalue weighted by Gasteiger charge is -2.31. The van der Waals surface area contributed by atoms with Crippen LogP contribution in [0.3, 0.4) is 0 Å². The molecule has 11 heteroatoms. The summed E-state index contributed by atoms with van der Waals surface area (Å²) < 4.78 is 31.4. The average molecular weight is 412 g/mol. The highest BCUT2D eigenvalue weighted by Gasteiger charge is 2.33. The number of nitrogens with one attached hydrogen (secondary N) is 1. The maximum atomic E-state index is 12.6. The van der Waals surface area contributed by atoms with Gasteiger partial charge in [0.1, 0.15) is 5.76 Å². The second kappa shape index (κ2) is 8.39. The van der Waals surface area contributed by atoms with Crippen LogP contribution in [-0.4, -0.2) is 65.9 Å². The highest BCUT2D eigenvalue weighted by atomic mass is 32.2. The van der Waals surface area contributed by atoms with E-state index in [4.69, 9.17) is 4.52 Å². The molecule has 10 nitrogen and oxygen atoms in total. The molecule has 2 aliphatic rings. The normalized spacial score (nSPS) is 19.8. The summed E-state index contributed by atoms with van der Waals surface area (Å²) >= 11 is 0. The zero-order valence-corrected chi connectivity index (χ0v) is 16.5. The van der Waals surface area contributed by atoms with E-state index in [-0.39, 0.29) is 61.9 Å². The number of piperidine rings is 2. The van der Waals surface area contributed by atoms with Crippen molar-refractivity contribution in [2.24, 2.45) is 5.92 Å². The molecule has 3 heterocycles. The monoisotopic (exact) mass is 412 g/mol. The van der Waals surface area contributed by atoms with Crippen LogP contribution in [0, 0.1) is 12.8 Å². The second-order valence-corrected chi connectivity index (χ2v) is 9.18. The highest BCUT2D eigenvalue weighted by Crippen LogP contribution is 2.22. The molecule has 1 aromatic heterocycles. The highest BCUT2D eigenvalue weighted by molar-refractivity contribution is 7.89. The molecule has 0 atom stereocenters. The van der Waals surface area contributed by atoms with Gasteiger partial charge in [-0.25, -0.2) is 12.7 Å². The summed E-state index contributed by atoms with van der Waals surface area (Å²) in [5.74, 6) is -0.520. The van der Waals surface area contributed by atoms with Gasteiger partial charge in [0.25, 0.3) is 0 Å². The van der Waals surface area contributed by atoms with Crippen molar-refractivity contribution < 1.29 is 27.3 Å². The molecular formula is C17H24N4O6S. The van der Waals surface area contributed by atoms with Crippen LogP contribution in [-0.2, 0) is 24.4 Å². The van der Waals surface area contributed by atoms with Gasteiger partial charge in [0.2, 0.25) is 27.7 Å². The quantitative estimate of drug-likeness (QED) is 0.674. The summed E-state index contributed by atoms with van der Waals surface area (Å²) in [5, 5.41) is 6.38. The molecular weight excluding hydrogens is 388 g/mol. The largest absolute Gasteiger partial charge is 0.360 e. The minimum atomic E-state index is -3.61. The lowest BCUT2D eigenvalue weighted by molar-refractivity contribution is -0.147. The van der Waals surface area contributed by atoms with Crippen LogP contribution in [0.15, 0.2) is 10.6 Å². The third-order valence-corrected chi connectivity index (χ3v) is 6.90. The third kappa shape index (κ3) is 4.76. The van der Waals surface area contributed by atoms with E-state index in [2.05, 4.69) is 10.5 Å². The Bertz CT molecular complexity index is 841. The van der Waals surface area contributed by atoms with Gasteiger partial charge >= 0.3 is 0 Å². The summed E-state index contributed by atoms with van der Waals surface area (Å²) in [4.78, 5) is 37.0. The van der Waals surface area contributed by atoms with E-state index in [0.717, 1.165) is 4.90 Å². The van der Waals surface area contributed by atoms with Crippen LogP contribution in [0.5, 0.6) is 0 Å². The summed E-state index contributed by atoms with van der Waals surface area (Å²) in [6.07, 6.45) is 1.85. The molecule has 0 spiro atoms. The van der Waals surface area contributed by atoms with E-state index in [1.54, 1.807) is 13.0 Å². The fourth-order valence-corrected chi connectivity index (χ4v) is 4.87. The minimum Gasteiger partial charge on any atom is -0.360 e. The third-order valence-electron chi connectivity index (χ3n) is 5.05. The maximum Gasteiger partial charge on any atom is 0.229 e. The second-order valence-electron chi connectivity index (χ2n) is 7.09. The number of anilines is 1. The van der Waals surface area contributed by atoms with Crippen LogP contribution < -0.4 is 5.32 Å². The Morgan fingerprint density at radius 2 is 1.89 bits per heavy atom. The molecule has 0 bridgehead atoms. The molecule has 0 radical (unpaired) electrons. The van der Waals surface area contributed by atoms with E-state index in [9.17, 15) is 22.8 Å². The number of aromatic nitrogens is 1. The van der Waals surface area contributed by atoms with Crippen LogP contribution >= 0.6 is 0 Å². The van der Waals surface area contributed by atoms with Gasteiger partial charge in [-0.05, 0) is 26.2 Å². The van der Waals surface area contributed by atoms with Gasteiger partial charge in [-0.2, -0.15) is 0 Å². The summed E-state index contributed by atoms with van der Waals surface area (Å²) in [5.41, 5.74) is 0.